The van der Waals surface area contributed by atoms with Crippen LogP contribution in [0.2, 0.25) is 0 Å². The second-order valence-electron chi connectivity index (χ2n) is 4.81. The highest BCUT2D eigenvalue weighted by molar-refractivity contribution is 4.78. The van der Waals surface area contributed by atoms with Gasteiger partial charge in [0.25, 0.3) is 0 Å². The number of piperidine rings is 1. The monoisotopic (exact) mass is 199 g/mol. The van der Waals surface area contributed by atoms with Gasteiger partial charge >= 0.3 is 0 Å². The lowest BCUT2D eigenvalue weighted by Gasteiger charge is -2.35. The van der Waals surface area contributed by atoms with E-state index < -0.39 is 0 Å². The van der Waals surface area contributed by atoms with E-state index in [0.29, 0.717) is 12.1 Å². The Bertz CT molecular complexity index is 151. The van der Waals surface area contributed by atoms with Crippen LogP contribution in [0.3, 0.4) is 0 Å². The van der Waals surface area contributed by atoms with Gasteiger partial charge in [-0.2, -0.15) is 0 Å². The molecule has 0 aromatic heterocycles. The van der Waals surface area contributed by atoms with Crippen LogP contribution < -0.4 is 5.73 Å². The molecule has 0 aromatic carbocycles. The summed E-state index contributed by atoms with van der Waals surface area (Å²) in [7, 11) is 4.28. The van der Waals surface area contributed by atoms with E-state index in [-0.39, 0.29) is 0 Å². The summed E-state index contributed by atoms with van der Waals surface area (Å²) in [6, 6.07) is 1.16. The zero-order chi connectivity index (χ0) is 10.6. The maximum atomic E-state index is 5.88. The first kappa shape index (κ1) is 12.0. The van der Waals surface area contributed by atoms with Crippen LogP contribution in [0.25, 0.3) is 0 Å². The predicted molar refractivity (Wildman–Crippen MR) is 61.4 cm³/mol. The van der Waals surface area contributed by atoms with E-state index in [0.717, 1.165) is 0 Å². The van der Waals surface area contributed by atoms with Crippen LogP contribution in [0.4, 0.5) is 0 Å². The van der Waals surface area contributed by atoms with Crippen molar-refractivity contribution in [2.45, 2.75) is 38.3 Å². The molecule has 14 heavy (non-hydrogen) atoms. The number of rotatable bonds is 4. The van der Waals surface area contributed by atoms with E-state index in [1.165, 1.54) is 38.9 Å². The first-order valence-corrected chi connectivity index (χ1v) is 5.74. The first-order valence-electron chi connectivity index (χ1n) is 5.74. The molecular weight excluding hydrogens is 174 g/mol. The van der Waals surface area contributed by atoms with Gasteiger partial charge in [-0.3, -0.25) is 0 Å². The maximum Gasteiger partial charge on any atom is 0.00791 e. The third-order valence-corrected chi connectivity index (χ3v) is 3.19. The summed E-state index contributed by atoms with van der Waals surface area (Å²) < 4.78 is 0. The number of nitrogens with two attached hydrogens (primary N) is 1. The van der Waals surface area contributed by atoms with E-state index in [1.54, 1.807) is 0 Å². The Kier molecular flexibility index (Phi) is 4.85. The third-order valence-electron chi connectivity index (χ3n) is 3.19. The molecule has 0 bridgehead atoms. The fraction of sp³-hybridized carbons (Fsp3) is 1.00. The van der Waals surface area contributed by atoms with Gasteiger partial charge < -0.3 is 15.5 Å². The van der Waals surface area contributed by atoms with Gasteiger partial charge in [0.15, 0.2) is 0 Å². The molecule has 1 saturated heterocycles. The van der Waals surface area contributed by atoms with Gasteiger partial charge in [0.2, 0.25) is 0 Å². The van der Waals surface area contributed by atoms with Crippen molar-refractivity contribution in [2.75, 3.05) is 33.7 Å². The van der Waals surface area contributed by atoms with E-state index in [1.807, 2.05) is 0 Å². The van der Waals surface area contributed by atoms with Crippen molar-refractivity contribution in [3.63, 3.8) is 0 Å². The van der Waals surface area contributed by atoms with Crippen molar-refractivity contribution in [3.05, 3.63) is 0 Å². The minimum absolute atomic E-state index is 0.451. The molecular formula is C11H25N3. The molecule has 84 valence electrons. The Hall–Kier alpha value is -0.120. The van der Waals surface area contributed by atoms with Gasteiger partial charge in [-0.15, -0.1) is 0 Å². The van der Waals surface area contributed by atoms with Crippen molar-refractivity contribution < 1.29 is 0 Å². The van der Waals surface area contributed by atoms with Crippen LogP contribution in [0.15, 0.2) is 0 Å². The quantitative estimate of drug-likeness (QED) is 0.725. The van der Waals surface area contributed by atoms with Crippen molar-refractivity contribution >= 4 is 0 Å². The highest BCUT2D eigenvalue weighted by Crippen LogP contribution is 2.13. The lowest BCUT2D eigenvalue weighted by atomic mass is 10.0. The van der Waals surface area contributed by atoms with Crippen LogP contribution in [0.1, 0.15) is 26.2 Å². The molecule has 0 aliphatic carbocycles. The zero-order valence-electron chi connectivity index (χ0n) is 9.87. The molecule has 1 heterocycles. The topological polar surface area (TPSA) is 32.5 Å². The molecule has 1 unspecified atom stereocenters. The van der Waals surface area contributed by atoms with Gasteiger partial charge in [-0.05, 0) is 59.9 Å². The molecule has 1 fully saturated rings. The second-order valence-corrected chi connectivity index (χ2v) is 4.81. The van der Waals surface area contributed by atoms with Gasteiger partial charge in [0.05, 0.1) is 0 Å². The SMILES string of the molecule is CC(CCN(C)C)N1CCC(N)CC1. The van der Waals surface area contributed by atoms with Crippen LogP contribution in [-0.4, -0.2) is 55.6 Å². The van der Waals surface area contributed by atoms with E-state index in [4.69, 9.17) is 5.73 Å². The Morgan fingerprint density at radius 2 is 1.93 bits per heavy atom. The maximum absolute atomic E-state index is 5.88. The largest absolute Gasteiger partial charge is 0.328 e. The molecule has 0 aromatic rings. The summed E-state index contributed by atoms with van der Waals surface area (Å²) in [6.07, 6.45) is 3.61. The summed E-state index contributed by atoms with van der Waals surface area (Å²) in [5, 5.41) is 0. The van der Waals surface area contributed by atoms with Crippen LogP contribution in [0.5, 0.6) is 0 Å². The molecule has 0 saturated carbocycles. The summed E-state index contributed by atoms with van der Waals surface area (Å²) in [4.78, 5) is 4.83. The highest BCUT2D eigenvalue weighted by atomic mass is 15.2. The number of nitrogens with zero attached hydrogens (tertiary/aromatic N) is 2. The average Bonchev–Trinajstić information content (AvgIpc) is 2.15. The second kappa shape index (κ2) is 5.69. The van der Waals surface area contributed by atoms with E-state index in [9.17, 15) is 0 Å². The van der Waals surface area contributed by atoms with Gasteiger partial charge in [-0.25, -0.2) is 0 Å². The average molecular weight is 199 g/mol. The summed E-state index contributed by atoms with van der Waals surface area (Å²) in [6.45, 7) is 5.90. The fourth-order valence-electron chi connectivity index (χ4n) is 1.99. The molecule has 1 aliphatic heterocycles. The Morgan fingerprint density at radius 1 is 1.36 bits per heavy atom. The van der Waals surface area contributed by atoms with Crippen molar-refractivity contribution in [1.82, 2.24) is 9.80 Å². The van der Waals surface area contributed by atoms with E-state index >= 15 is 0 Å². The number of hydrogen-bond donors (Lipinski definition) is 1. The molecule has 2 N–H and O–H groups in total. The third kappa shape index (κ3) is 3.95. The molecule has 3 nitrogen and oxygen atoms in total. The lowest BCUT2D eigenvalue weighted by Crippen LogP contribution is -2.44. The van der Waals surface area contributed by atoms with Crippen molar-refractivity contribution in [3.8, 4) is 0 Å². The van der Waals surface area contributed by atoms with Crippen molar-refractivity contribution in [2.24, 2.45) is 5.73 Å². The highest BCUT2D eigenvalue weighted by Gasteiger charge is 2.19. The van der Waals surface area contributed by atoms with E-state index in [2.05, 4.69) is 30.8 Å². The Morgan fingerprint density at radius 3 is 2.43 bits per heavy atom. The molecule has 1 rings (SSSR count). The molecule has 1 aliphatic rings. The zero-order valence-corrected chi connectivity index (χ0v) is 9.87. The van der Waals surface area contributed by atoms with Gasteiger partial charge in [0.1, 0.15) is 0 Å². The standard InChI is InChI=1S/C11H25N3/c1-10(4-7-13(2)3)14-8-5-11(12)6-9-14/h10-11H,4-9,12H2,1-3H3. The van der Waals surface area contributed by atoms with Crippen LogP contribution in [0, 0.1) is 0 Å². The Balaban J connectivity index is 2.20. The minimum atomic E-state index is 0.451. The van der Waals surface area contributed by atoms with Crippen molar-refractivity contribution in [1.29, 1.82) is 0 Å². The van der Waals surface area contributed by atoms with Crippen LogP contribution in [-0.2, 0) is 0 Å². The van der Waals surface area contributed by atoms with Gasteiger partial charge in [0, 0.05) is 12.1 Å². The summed E-state index contributed by atoms with van der Waals surface area (Å²) in [5.74, 6) is 0. The number of hydrogen-bond acceptors (Lipinski definition) is 3. The molecule has 0 spiro atoms. The molecule has 3 heteroatoms. The summed E-state index contributed by atoms with van der Waals surface area (Å²) in [5.41, 5.74) is 5.88. The summed E-state index contributed by atoms with van der Waals surface area (Å²) >= 11 is 0. The van der Waals surface area contributed by atoms with Gasteiger partial charge in [-0.1, -0.05) is 0 Å². The van der Waals surface area contributed by atoms with Crippen LogP contribution >= 0.6 is 0 Å². The Labute approximate surface area is 88.2 Å². The fourth-order valence-corrected chi connectivity index (χ4v) is 1.99. The minimum Gasteiger partial charge on any atom is -0.328 e. The normalized spacial score (nSPS) is 22.9. The predicted octanol–water partition coefficient (Wildman–Crippen LogP) is 0.750. The molecule has 0 amide bonds. The molecule has 1 atom stereocenters. The lowest BCUT2D eigenvalue weighted by molar-refractivity contribution is 0.149. The first-order chi connectivity index (χ1) is 6.59. The number of likely N-dealkylation sites (tertiary alicyclic amines) is 1. The smallest absolute Gasteiger partial charge is 0.00791 e. The molecule has 0 radical (unpaired) electrons.